The highest BCUT2D eigenvalue weighted by atomic mass is 16.6. The molecule has 1 rings (SSSR count). The standard InChI is InChI=1S/C6H12O/c1-3-5(2)6-4-7-6/h5-6H,3-4H2,1-2H3/t5-,6-/m0/s1. The van der Waals surface area contributed by atoms with Gasteiger partial charge < -0.3 is 4.74 Å². The third kappa shape index (κ3) is 1.16. The van der Waals surface area contributed by atoms with Crippen LogP contribution in [0.4, 0.5) is 0 Å². The highest BCUT2D eigenvalue weighted by Crippen LogP contribution is 2.21. The zero-order valence-electron chi connectivity index (χ0n) is 4.98. The molecule has 1 heteroatoms. The molecule has 0 aromatic rings. The quantitative estimate of drug-likeness (QED) is 0.478. The van der Waals surface area contributed by atoms with Gasteiger partial charge in [0.05, 0.1) is 12.7 Å². The van der Waals surface area contributed by atoms with Gasteiger partial charge in [-0.05, 0) is 5.92 Å². The lowest BCUT2D eigenvalue weighted by atomic mass is 10.1. The number of hydrogen-bond donors (Lipinski definition) is 0. The van der Waals surface area contributed by atoms with Gasteiger partial charge in [0.25, 0.3) is 0 Å². The molecule has 0 saturated carbocycles. The summed E-state index contributed by atoms with van der Waals surface area (Å²) >= 11 is 0. The summed E-state index contributed by atoms with van der Waals surface area (Å²) in [4.78, 5) is 0. The first-order valence-electron chi connectivity index (χ1n) is 2.96. The highest BCUT2D eigenvalue weighted by Gasteiger charge is 2.27. The average molecular weight is 100 g/mol. The van der Waals surface area contributed by atoms with Gasteiger partial charge >= 0.3 is 0 Å². The molecular weight excluding hydrogens is 88.1 g/mol. The maximum absolute atomic E-state index is 5.06. The first-order valence-corrected chi connectivity index (χ1v) is 2.96. The molecule has 0 spiro atoms. The lowest BCUT2D eigenvalue weighted by Gasteiger charge is -1.98. The predicted octanol–water partition coefficient (Wildman–Crippen LogP) is 1.43. The molecule has 0 aliphatic carbocycles. The number of rotatable bonds is 2. The van der Waals surface area contributed by atoms with Gasteiger partial charge in [0.2, 0.25) is 0 Å². The predicted molar refractivity (Wildman–Crippen MR) is 29.2 cm³/mol. The van der Waals surface area contributed by atoms with Crippen LogP contribution in [0, 0.1) is 5.92 Å². The molecule has 7 heavy (non-hydrogen) atoms. The Kier molecular flexibility index (Phi) is 1.33. The second-order valence-corrected chi connectivity index (χ2v) is 2.26. The molecule has 1 nitrogen and oxygen atoms in total. The second-order valence-electron chi connectivity index (χ2n) is 2.26. The third-order valence-electron chi connectivity index (χ3n) is 1.64. The van der Waals surface area contributed by atoms with E-state index < -0.39 is 0 Å². The molecule has 0 radical (unpaired) electrons. The Morgan fingerprint density at radius 1 is 1.86 bits per heavy atom. The summed E-state index contributed by atoms with van der Waals surface area (Å²) in [6, 6.07) is 0. The van der Waals surface area contributed by atoms with Crippen molar-refractivity contribution < 1.29 is 4.74 Å². The van der Waals surface area contributed by atoms with Crippen LogP contribution in [-0.4, -0.2) is 12.7 Å². The summed E-state index contributed by atoms with van der Waals surface area (Å²) in [7, 11) is 0. The number of epoxide rings is 1. The van der Waals surface area contributed by atoms with Gasteiger partial charge in [-0.25, -0.2) is 0 Å². The Balaban J connectivity index is 2.10. The fourth-order valence-electron chi connectivity index (χ4n) is 0.647. The Hall–Kier alpha value is -0.0400. The minimum Gasteiger partial charge on any atom is -0.373 e. The van der Waals surface area contributed by atoms with Crippen molar-refractivity contribution in [3.05, 3.63) is 0 Å². The van der Waals surface area contributed by atoms with Gasteiger partial charge in [0.1, 0.15) is 0 Å². The van der Waals surface area contributed by atoms with Gasteiger partial charge in [0, 0.05) is 0 Å². The van der Waals surface area contributed by atoms with E-state index in [4.69, 9.17) is 4.74 Å². The van der Waals surface area contributed by atoms with Crippen LogP contribution in [-0.2, 0) is 4.74 Å². The molecule has 0 bridgehead atoms. The number of ether oxygens (including phenoxy) is 1. The lowest BCUT2D eigenvalue weighted by Crippen LogP contribution is -1.99. The van der Waals surface area contributed by atoms with E-state index in [1.54, 1.807) is 0 Å². The second kappa shape index (κ2) is 1.83. The molecule has 42 valence electrons. The van der Waals surface area contributed by atoms with Crippen molar-refractivity contribution in [3.8, 4) is 0 Å². The average Bonchev–Trinajstić information content (AvgIpc) is 2.44. The summed E-state index contributed by atoms with van der Waals surface area (Å²) in [6.45, 7) is 5.44. The Bertz CT molecular complexity index is 57.2. The molecule has 2 atom stereocenters. The smallest absolute Gasteiger partial charge is 0.0835 e. The summed E-state index contributed by atoms with van der Waals surface area (Å²) in [5, 5.41) is 0. The minimum atomic E-state index is 0.616. The molecule has 0 amide bonds. The van der Waals surface area contributed by atoms with Crippen LogP contribution in [0.25, 0.3) is 0 Å². The third-order valence-corrected chi connectivity index (χ3v) is 1.64. The molecule has 1 saturated heterocycles. The fourth-order valence-corrected chi connectivity index (χ4v) is 0.647. The van der Waals surface area contributed by atoms with Gasteiger partial charge in [-0.15, -0.1) is 0 Å². The van der Waals surface area contributed by atoms with Gasteiger partial charge in [0.15, 0.2) is 0 Å². The summed E-state index contributed by atoms with van der Waals surface area (Å²) in [5.41, 5.74) is 0. The highest BCUT2D eigenvalue weighted by molar-refractivity contribution is 4.74. The minimum absolute atomic E-state index is 0.616. The van der Waals surface area contributed by atoms with Crippen LogP contribution >= 0.6 is 0 Å². The first-order chi connectivity index (χ1) is 3.34. The van der Waals surface area contributed by atoms with E-state index in [0.29, 0.717) is 6.10 Å². The largest absolute Gasteiger partial charge is 0.373 e. The molecule has 1 fully saturated rings. The van der Waals surface area contributed by atoms with Crippen molar-refractivity contribution in [1.82, 2.24) is 0 Å². The SMILES string of the molecule is CC[C@H](C)[C@@H]1CO1. The van der Waals surface area contributed by atoms with E-state index in [2.05, 4.69) is 13.8 Å². The Labute approximate surface area is 44.7 Å². The summed E-state index contributed by atoms with van der Waals surface area (Å²) < 4.78 is 5.06. The first kappa shape index (κ1) is 5.10. The number of hydrogen-bond acceptors (Lipinski definition) is 1. The van der Waals surface area contributed by atoms with Crippen molar-refractivity contribution in [1.29, 1.82) is 0 Å². The van der Waals surface area contributed by atoms with Crippen LogP contribution in [0.3, 0.4) is 0 Å². The summed E-state index contributed by atoms with van der Waals surface area (Å²) in [6.07, 6.45) is 1.87. The van der Waals surface area contributed by atoms with Gasteiger partial charge in [-0.2, -0.15) is 0 Å². The zero-order valence-corrected chi connectivity index (χ0v) is 4.98. The molecule has 0 N–H and O–H groups in total. The van der Waals surface area contributed by atoms with E-state index in [1.807, 2.05) is 0 Å². The molecule has 0 aromatic heterocycles. The molecule has 0 unspecified atom stereocenters. The maximum Gasteiger partial charge on any atom is 0.0835 e. The molecule has 1 aliphatic rings. The molecule has 0 aromatic carbocycles. The maximum atomic E-state index is 5.06. The van der Waals surface area contributed by atoms with E-state index in [1.165, 1.54) is 6.42 Å². The van der Waals surface area contributed by atoms with E-state index in [-0.39, 0.29) is 0 Å². The van der Waals surface area contributed by atoms with Crippen LogP contribution < -0.4 is 0 Å². The molecular formula is C6H12O. The van der Waals surface area contributed by atoms with Crippen molar-refractivity contribution in [3.63, 3.8) is 0 Å². The van der Waals surface area contributed by atoms with Gasteiger partial charge in [-0.3, -0.25) is 0 Å². The van der Waals surface area contributed by atoms with E-state index in [0.717, 1.165) is 12.5 Å². The fraction of sp³-hybridized carbons (Fsp3) is 1.00. The van der Waals surface area contributed by atoms with Crippen LogP contribution in [0.2, 0.25) is 0 Å². The topological polar surface area (TPSA) is 12.5 Å². The normalized spacial score (nSPS) is 32.6. The van der Waals surface area contributed by atoms with Gasteiger partial charge in [-0.1, -0.05) is 20.3 Å². The van der Waals surface area contributed by atoms with Crippen molar-refractivity contribution in [2.45, 2.75) is 26.4 Å². The molecule has 1 aliphatic heterocycles. The lowest BCUT2D eigenvalue weighted by molar-refractivity contribution is 0.337. The Morgan fingerprint density at radius 3 is 2.57 bits per heavy atom. The summed E-state index contributed by atoms with van der Waals surface area (Å²) in [5.74, 6) is 0.792. The van der Waals surface area contributed by atoms with Crippen molar-refractivity contribution in [2.75, 3.05) is 6.61 Å². The van der Waals surface area contributed by atoms with E-state index >= 15 is 0 Å². The Morgan fingerprint density at radius 2 is 2.43 bits per heavy atom. The van der Waals surface area contributed by atoms with E-state index in [9.17, 15) is 0 Å². The van der Waals surface area contributed by atoms with Crippen molar-refractivity contribution >= 4 is 0 Å². The monoisotopic (exact) mass is 100 g/mol. The van der Waals surface area contributed by atoms with Crippen LogP contribution in [0.15, 0.2) is 0 Å². The zero-order chi connectivity index (χ0) is 5.28. The van der Waals surface area contributed by atoms with Crippen LogP contribution in [0.1, 0.15) is 20.3 Å². The van der Waals surface area contributed by atoms with Crippen LogP contribution in [0.5, 0.6) is 0 Å². The molecule has 1 heterocycles. The van der Waals surface area contributed by atoms with Crippen molar-refractivity contribution in [2.24, 2.45) is 5.92 Å².